The van der Waals surface area contributed by atoms with E-state index in [1.807, 2.05) is 18.2 Å². The van der Waals surface area contributed by atoms with E-state index < -0.39 is 0 Å². The first-order valence-corrected chi connectivity index (χ1v) is 11.4. The summed E-state index contributed by atoms with van der Waals surface area (Å²) in [4.78, 5) is 44.0. The molecule has 7 nitrogen and oxygen atoms in total. The minimum absolute atomic E-state index is 0.0512. The van der Waals surface area contributed by atoms with Gasteiger partial charge in [0.15, 0.2) is 0 Å². The summed E-state index contributed by atoms with van der Waals surface area (Å²) in [5.41, 5.74) is 3.44. The summed E-state index contributed by atoms with van der Waals surface area (Å²) < 4.78 is 16.1. The number of hydrogen-bond donors (Lipinski definition) is 1. The molecule has 8 heteroatoms. The van der Waals surface area contributed by atoms with Crippen molar-refractivity contribution in [3.05, 3.63) is 99.0 Å². The van der Waals surface area contributed by atoms with E-state index in [-0.39, 0.29) is 42.0 Å². The fraction of sp³-hybridized carbons (Fsp3) is 0.308. The Kier molecular flexibility index (Phi) is 5.96. The summed E-state index contributed by atoms with van der Waals surface area (Å²) >= 11 is 0. The van der Waals surface area contributed by atoms with Crippen molar-refractivity contribution in [3.63, 3.8) is 0 Å². The van der Waals surface area contributed by atoms with Gasteiger partial charge in [-0.15, -0.1) is 0 Å². The largest absolute Gasteiger partial charge is 0.355 e. The van der Waals surface area contributed by atoms with E-state index in [9.17, 15) is 18.8 Å². The molecule has 0 bridgehead atoms. The second kappa shape index (κ2) is 9.21. The van der Waals surface area contributed by atoms with Crippen LogP contribution in [-0.4, -0.2) is 39.4 Å². The molecule has 2 aliphatic heterocycles. The van der Waals surface area contributed by atoms with Gasteiger partial charge in [0.1, 0.15) is 5.82 Å². The fourth-order valence-electron chi connectivity index (χ4n) is 4.82. The van der Waals surface area contributed by atoms with E-state index in [0.29, 0.717) is 43.7 Å². The lowest BCUT2D eigenvalue weighted by molar-refractivity contribution is -0.136. The second-order valence-corrected chi connectivity index (χ2v) is 8.88. The third-order valence-electron chi connectivity index (χ3n) is 6.59. The van der Waals surface area contributed by atoms with Gasteiger partial charge in [-0.2, -0.15) is 0 Å². The van der Waals surface area contributed by atoms with Crippen molar-refractivity contribution in [1.29, 1.82) is 0 Å². The number of nitrogens with zero attached hydrogens (tertiary/aromatic N) is 3. The highest BCUT2D eigenvalue weighted by Gasteiger charge is 2.33. The van der Waals surface area contributed by atoms with Crippen LogP contribution in [0.3, 0.4) is 0 Å². The summed E-state index contributed by atoms with van der Waals surface area (Å²) in [6, 6.07) is 12.0. The van der Waals surface area contributed by atoms with Crippen LogP contribution in [0.1, 0.15) is 34.4 Å². The van der Waals surface area contributed by atoms with Gasteiger partial charge in [0.25, 0.3) is 5.56 Å². The summed E-state index contributed by atoms with van der Waals surface area (Å²) in [5, 5.41) is 2.72. The fourth-order valence-corrected chi connectivity index (χ4v) is 4.82. The van der Waals surface area contributed by atoms with Crippen molar-refractivity contribution in [2.24, 2.45) is 5.92 Å². The molecule has 4 heterocycles. The molecule has 2 amide bonds. The Morgan fingerprint density at radius 1 is 1.15 bits per heavy atom. The molecular formula is C26H25FN4O3. The van der Waals surface area contributed by atoms with Gasteiger partial charge < -0.3 is 14.8 Å². The van der Waals surface area contributed by atoms with Crippen LogP contribution in [0.4, 0.5) is 4.39 Å². The first kappa shape index (κ1) is 22.0. The molecule has 0 radical (unpaired) electrons. The number of halogens is 1. The Balaban J connectivity index is 1.51. The van der Waals surface area contributed by atoms with Crippen molar-refractivity contribution in [1.82, 2.24) is 19.8 Å². The monoisotopic (exact) mass is 460 g/mol. The van der Waals surface area contributed by atoms with E-state index in [2.05, 4.69) is 10.3 Å². The normalized spacial score (nSPS) is 17.4. The topological polar surface area (TPSA) is 84.3 Å². The molecule has 1 atom stereocenters. The van der Waals surface area contributed by atoms with Gasteiger partial charge in [0.05, 0.1) is 12.5 Å². The van der Waals surface area contributed by atoms with Crippen molar-refractivity contribution < 1.29 is 14.0 Å². The maximum Gasteiger partial charge on any atom is 0.254 e. The summed E-state index contributed by atoms with van der Waals surface area (Å²) in [6.07, 6.45) is 4.32. The van der Waals surface area contributed by atoms with Gasteiger partial charge in [-0.1, -0.05) is 24.3 Å². The number of nitrogens with one attached hydrogen (secondary N) is 1. The number of carbonyl (C=O) groups is 2. The molecule has 1 unspecified atom stereocenters. The third-order valence-corrected chi connectivity index (χ3v) is 6.59. The summed E-state index contributed by atoms with van der Waals surface area (Å²) in [7, 11) is 0. The zero-order valence-corrected chi connectivity index (χ0v) is 18.7. The number of carbonyl (C=O) groups excluding carboxylic acids is 2. The lowest BCUT2D eigenvalue weighted by Crippen LogP contribution is -2.43. The lowest BCUT2D eigenvalue weighted by atomic mass is 9.97. The third kappa shape index (κ3) is 4.35. The van der Waals surface area contributed by atoms with E-state index >= 15 is 0 Å². The van der Waals surface area contributed by atoms with Crippen LogP contribution in [0.5, 0.6) is 0 Å². The lowest BCUT2D eigenvalue weighted by Gasteiger charge is -2.32. The quantitative estimate of drug-likeness (QED) is 0.632. The average molecular weight is 461 g/mol. The number of aromatic nitrogens is 2. The van der Waals surface area contributed by atoms with Crippen LogP contribution >= 0.6 is 0 Å². The molecule has 1 aromatic carbocycles. The van der Waals surface area contributed by atoms with Crippen LogP contribution in [0, 0.1) is 11.7 Å². The maximum absolute atomic E-state index is 14.4. The van der Waals surface area contributed by atoms with Crippen molar-refractivity contribution >= 4 is 11.8 Å². The Morgan fingerprint density at radius 3 is 2.74 bits per heavy atom. The Bertz CT molecular complexity index is 1310. The van der Waals surface area contributed by atoms with Crippen LogP contribution in [0.2, 0.25) is 0 Å². The molecule has 174 valence electrons. The highest BCUT2D eigenvalue weighted by atomic mass is 19.1. The number of amides is 2. The molecule has 0 saturated carbocycles. The molecule has 5 rings (SSSR count). The molecule has 34 heavy (non-hydrogen) atoms. The van der Waals surface area contributed by atoms with E-state index in [1.165, 1.54) is 6.07 Å². The summed E-state index contributed by atoms with van der Waals surface area (Å²) in [6.45, 7) is 1.56. The highest BCUT2D eigenvalue weighted by molar-refractivity contribution is 5.89. The van der Waals surface area contributed by atoms with Gasteiger partial charge >= 0.3 is 0 Å². The number of fused-ring (bicyclic) bond motifs is 1. The zero-order chi connectivity index (χ0) is 23.7. The second-order valence-electron chi connectivity index (χ2n) is 8.88. The molecule has 2 aromatic heterocycles. The van der Waals surface area contributed by atoms with E-state index in [0.717, 1.165) is 16.8 Å². The molecule has 0 aliphatic carbocycles. The number of hydrogen-bond acceptors (Lipinski definition) is 4. The number of rotatable bonds is 5. The SMILES string of the molecule is O=C1CC(C(=O)N2CCc3c(cc(Cc4ccccc4F)c(=O)n3Cc3cccnc3)C2)CN1. The van der Waals surface area contributed by atoms with Gasteiger partial charge in [-0.05, 0) is 34.9 Å². The van der Waals surface area contributed by atoms with Crippen molar-refractivity contribution in [2.45, 2.75) is 32.4 Å². The van der Waals surface area contributed by atoms with Gasteiger partial charge in [-0.3, -0.25) is 19.4 Å². The van der Waals surface area contributed by atoms with Crippen LogP contribution in [0.25, 0.3) is 0 Å². The Morgan fingerprint density at radius 2 is 2.00 bits per heavy atom. The van der Waals surface area contributed by atoms with Crippen LogP contribution in [-0.2, 0) is 35.5 Å². The molecule has 0 spiro atoms. The van der Waals surface area contributed by atoms with Gasteiger partial charge in [0, 0.05) is 62.5 Å². The maximum atomic E-state index is 14.4. The predicted octanol–water partition coefficient (Wildman–Crippen LogP) is 2.04. The molecule has 1 fully saturated rings. The van der Waals surface area contributed by atoms with Crippen molar-refractivity contribution in [3.8, 4) is 0 Å². The minimum atomic E-state index is -0.353. The van der Waals surface area contributed by atoms with Crippen LogP contribution in [0.15, 0.2) is 59.7 Å². The molecule has 3 aromatic rings. The Hall–Kier alpha value is -3.81. The van der Waals surface area contributed by atoms with E-state index in [1.54, 1.807) is 40.1 Å². The molecular weight excluding hydrogens is 435 g/mol. The standard InChI is InChI=1S/C26H25FN4O3/c27-22-6-2-1-5-18(22)10-19-11-21-16-30(25(33)20-12-24(32)29-14-20)9-7-23(21)31(26(19)34)15-17-4-3-8-28-13-17/h1-6,8,11,13,20H,7,9-10,12,14-16H2,(H,29,32). The first-order valence-electron chi connectivity index (χ1n) is 11.4. The minimum Gasteiger partial charge on any atom is -0.355 e. The Labute approximate surface area is 196 Å². The molecule has 1 N–H and O–H groups in total. The number of benzene rings is 1. The van der Waals surface area contributed by atoms with Gasteiger partial charge in [0.2, 0.25) is 11.8 Å². The molecule has 2 aliphatic rings. The zero-order valence-electron chi connectivity index (χ0n) is 18.7. The predicted molar refractivity (Wildman–Crippen MR) is 123 cm³/mol. The molecule has 1 saturated heterocycles. The first-order chi connectivity index (χ1) is 16.5. The average Bonchev–Trinajstić information content (AvgIpc) is 3.29. The van der Waals surface area contributed by atoms with E-state index in [4.69, 9.17) is 0 Å². The smallest absolute Gasteiger partial charge is 0.254 e. The number of pyridine rings is 2. The van der Waals surface area contributed by atoms with Gasteiger partial charge in [-0.25, -0.2) is 4.39 Å². The highest BCUT2D eigenvalue weighted by Crippen LogP contribution is 2.24. The van der Waals surface area contributed by atoms with Crippen LogP contribution < -0.4 is 10.9 Å². The summed E-state index contributed by atoms with van der Waals surface area (Å²) in [5.74, 6) is -0.861. The van der Waals surface area contributed by atoms with Crippen molar-refractivity contribution in [2.75, 3.05) is 13.1 Å².